The molecule has 0 fully saturated rings. The first-order valence-corrected chi connectivity index (χ1v) is 7.91. The highest BCUT2D eigenvalue weighted by molar-refractivity contribution is 9.10. The van der Waals surface area contributed by atoms with Gasteiger partial charge in [-0.1, -0.05) is 39.7 Å². The Morgan fingerprint density at radius 1 is 1.30 bits per heavy atom. The zero-order valence-electron chi connectivity index (χ0n) is 12.3. The third kappa shape index (κ3) is 5.04. The molecule has 0 bridgehead atoms. The number of pyridine rings is 1. The molecular weight excluding hydrogens is 384 g/mol. The second-order valence-electron chi connectivity index (χ2n) is 4.73. The van der Waals surface area contributed by atoms with E-state index in [0.717, 1.165) is 10.0 Å². The van der Waals surface area contributed by atoms with Crippen LogP contribution in [-0.2, 0) is 9.53 Å². The van der Waals surface area contributed by atoms with E-state index in [0.29, 0.717) is 5.56 Å². The van der Waals surface area contributed by atoms with Crippen molar-refractivity contribution in [1.82, 2.24) is 10.3 Å². The van der Waals surface area contributed by atoms with Crippen molar-refractivity contribution in [2.75, 3.05) is 7.11 Å². The van der Waals surface area contributed by atoms with Gasteiger partial charge in [0.2, 0.25) is 0 Å². The van der Waals surface area contributed by atoms with Crippen molar-refractivity contribution >= 4 is 39.4 Å². The molecule has 2 aromatic rings. The van der Waals surface area contributed by atoms with Gasteiger partial charge in [-0.3, -0.25) is 9.59 Å². The van der Waals surface area contributed by atoms with Gasteiger partial charge in [0.1, 0.15) is 5.15 Å². The molecule has 1 amide bonds. The number of ether oxygens (including phenoxy) is 1. The number of hydrogen-bond acceptors (Lipinski definition) is 4. The van der Waals surface area contributed by atoms with Gasteiger partial charge < -0.3 is 10.1 Å². The number of benzene rings is 1. The number of aromatic nitrogens is 1. The Morgan fingerprint density at radius 3 is 2.61 bits per heavy atom. The lowest BCUT2D eigenvalue weighted by Gasteiger charge is -2.18. The minimum Gasteiger partial charge on any atom is -0.469 e. The molecule has 0 aliphatic carbocycles. The molecule has 1 N–H and O–H groups in total. The molecule has 0 radical (unpaired) electrons. The van der Waals surface area contributed by atoms with Crippen LogP contribution < -0.4 is 5.32 Å². The lowest BCUT2D eigenvalue weighted by molar-refractivity contribution is -0.141. The highest BCUT2D eigenvalue weighted by Gasteiger charge is 2.20. The normalized spacial score (nSPS) is 11.6. The van der Waals surface area contributed by atoms with Crippen LogP contribution in [0.3, 0.4) is 0 Å². The van der Waals surface area contributed by atoms with Crippen LogP contribution in [0.25, 0.3) is 0 Å². The fraction of sp³-hybridized carbons (Fsp3) is 0.188. The van der Waals surface area contributed by atoms with Crippen molar-refractivity contribution in [2.24, 2.45) is 0 Å². The van der Waals surface area contributed by atoms with Crippen LogP contribution in [-0.4, -0.2) is 24.0 Å². The number of hydrogen-bond donors (Lipinski definition) is 1. The standard InChI is InChI=1S/C16H14BrClN2O3/c1-23-15(21)9-13(10-2-4-12(17)5-3-10)20-16(22)11-6-7-19-14(18)8-11/h2-8,13H,9H2,1H3,(H,20,22). The lowest BCUT2D eigenvalue weighted by Crippen LogP contribution is -2.30. The molecule has 0 saturated carbocycles. The highest BCUT2D eigenvalue weighted by Crippen LogP contribution is 2.21. The summed E-state index contributed by atoms with van der Waals surface area (Å²) in [5.74, 6) is -0.753. The molecule has 1 heterocycles. The third-order valence-corrected chi connectivity index (χ3v) is 3.90. The number of carbonyl (C=O) groups excluding carboxylic acids is 2. The van der Waals surface area contributed by atoms with Crippen molar-refractivity contribution in [1.29, 1.82) is 0 Å². The van der Waals surface area contributed by atoms with Crippen molar-refractivity contribution < 1.29 is 14.3 Å². The van der Waals surface area contributed by atoms with Gasteiger partial charge >= 0.3 is 5.97 Å². The summed E-state index contributed by atoms with van der Waals surface area (Å²) in [5.41, 5.74) is 1.17. The Kier molecular flexibility index (Phi) is 6.12. The summed E-state index contributed by atoms with van der Waals surface area (Å²) in [4.78, 5) is 27.8. The molecule has 1 unspecified atom stereocenters. The molecule has 0 saturated heterocycles. The van der Waals surface area contributed by atoms with Gasteiger partial charge in [0, 0.05) is 16.2 Å². The average Bonchev–Trinajstić information content (AvgIpc) is 2.54. The third-order valence-electron chi connectivity index (χ3n) is 3.16. The second kappa shape index (κ2) is 8.08. The molecule has 2 rings (SSSR count). The van der Waals surface area contributed by atoms with E-state index in [2.05, 4.69) is 26.2 Å². The van der Waals surface area contributed by atoms with Gasteiger partial charge in [-0.05, 0) is 29.8 Å². The van der Waals surface area contributed by atoms with E-state index >= 15 is 0 Å². The van der Waals surface area contributed by atoms with E-state index < -0.39 is 12.0 Å². The number of rotatable bonds is 5. The van der Waals surface area contributed by atoms with Crippen molar-refractivity contribution in [3.05, 3.63) is 63.3 Å². The fourth-order valence-electron chi connectivity index (χ4n) is 1.98. The first-order valence-electron chi connectivity index (χ1n) is 6.74. The van der Waals surface area contributed by atoms with Crippen molar-refractivity contribution in [3.63, 3.8) is 0 Å². The van der Waals surface area contributed by atoms with Crippen LogP contribution in [0.2, 0.25) is 5.15 Å². The largest absolute Gasteiger partial charge is 0.469 e. The van der Waals surface area contributed by atoms with Gasteiger partial charge in [0.15, 0.2) is 0 Å². The number of methoxy groups -OCH3 is 1. The number of amides is 1. The van der Waals surface area contributed by atoms with Crippen LogP contribution in [0.15, 0.2) is 47.1 Å². The molecule has 0 aliphatic rings. The maximum atomic E-state index is 12.4. The van der Waals surface area contributed by atoms with Crippen LogP contribution in [0.5, 0.6) is 0 Å². The van der Waals surface area contributed by atoms with Gasteiger partial charge in [-0.2, -0.15) is 0 Å². The number of carbonyl (C=O) groups is 2. The Morgan fingerprint density at radius 2 is 2.00 bits per heavy atom. The summed E-state index contributed by atoms with van der Waals surface area (Å²) in [6.45, 7) is 0. The van der Waals surface area contributed by atoms with Gasteiger partial charge in [-0.15, -0.1) is 0 Å². The van der Waals surface area contributed by atoms with Crippen LogP contribution in [0, 0.1) is 0 Å². The van der Waals surface area contributed by atoms with Crippen molar-refractivity contribution in [3.8, 4) is 0 Å². The molecule has 1 aromatic heterocycles. The lowest BCUT2D eigenvalue weighted by atomic mass is 10.0. The Labute approximate surface area is 147 Å². The monoisotopic (exact) mass is 396 g/mol. The van der Waals surface area contributed by atoms with Gasteiger partial charge in [0.25, 0.3) is 5.91 Å². The topological polar surface area (TPSA) is 68.3 Å². The predicted molar refractivity (Wildman–Crippen MR) is 90.2 cm³/mol. The minimum atomic E-state index is -0.505. The zero-order valence-corrected chi connectivity index (χ0v) is 14.6. The van der Waals surface area contributed by atoms with Crippen molar-refractivity contribution in [2.45, 2.75) is 12.5 Å². The number of nitrogens with zero attached hydrogens (tertiary/aromatic N) is 1. The molecule has 7 heteroatoms. The maximum absolute atomic E-state index is 12.4. The summed E-state index contributed by atoms with van der Waals surface area (Å²) in [6.07, 6.45) is 1.48. The quantitative estimate of drug-likeness (QED) is 0.619. The molecule has 1 atom stereocenters. The molecule has 1 aromatic carbocycles. The summed E-state index contributed by atoms with van der Waals surface area (Å²) >= 11 is 9.15. The molecule has 0 spiro atoms. The molecule has 5 nitrogen and oxygen atoms in total. The van der Waals surface area contributed by atoms with E-state index in [-0.39, 0.29) is 17.5 Å². The summed E-state index contributed by atoms with van der Waals surface area (Å²) < 4.78 is 5.61. The van der Waals surface area contributed by atoms with E-state index in [1.165, 1.54) is 19.4 Å². The summed E-state index contributed by atoms with van der Waals surface area (Å²) in [7, 11) is 1.31. The van der Waals surface area contributed by atoms with Gasteiger partial charge in [-0.25, -0.2) is 4.98 Å². The molecular formula is C16H14BrClN2O3. The smallest absolute Gasteiger partial charge is 0.307 e. The Hall–Kier alpha value is -1.92. The molecule has 120 valence electrons. The van der Waals surface area contributed by atoms with Crippen LogP contribution >= 0.6 is 27.5 Å². The predicted octanol–water partition coefficient (Wildman–Crippen LogP) is 3.53. The summed E-state index contributed by atoms with van der Waals surface area (Å²) in [5, 5.41) is 3.05. The van der Waals surface area contributed by atoms with E-state index in [9.17, 15) is 9.59 Å². The number of esters is 1. The number of nitrogens with one attached hydrogen (secondary N) is 1. The Bertz CT molecular complexity index is 707. The highest BCUT2D eigenvalue weighted by atomic mass is 79.9. The first kappa shape index (κ1) is 17.4. The number of halogens is 2. The average molecular weight is 398 g/mol. The van der Waals surface area contributed by atoms with Crippen LogP contribution in [0.1, 0.15) is 28.4 Å². The second-order valence-corrected chi connectivity index (χ2v) is 6.03. The van der Waals surface area contributed by atoms with Gasteiger partial charge in [0.05, 0.1) is 19.6 Å². The fourth-order valence-corrected chi connectivity index (χ4v) is 2.42. The molecule has 23 heavy (non-hydrogen) atoms. The van der Waals surface area contributed by atoms with Crippen LogP contribution in [0.4, 0.5) is 0 Å². The minimum absolute atomic E-state index is 0.0304. The summed E-state index contributed by atoms with van der Waals surface area (Å²) in [6, 6.07) is 9.86. The molecule has 0 aliphatic heterocycles. The first-order chi connectivity index (χ1) is 11.0. The van der Waals surface area contributed by atoms with E-state index in [4.69, 9.17) is 16.3 Å². The zero-order chi connectivity index (χ0) is 16.8. The Balaban J connectivity index is 2.21. The SMILES string of the molecule is COC(=O)CC(NC(=O)c1ccnc(Cl)c1)c1ccc(Br)cc1. The van der Waals surface area contributed by atoms with E-state index in [1.54, 1.807) is 6.07 Å². The van der Waals surface area contributed by atoms with E-state index in [1.807, 2.05) is 24.3 Å². The maximum Gasteiger partial charge on any atom is 0.307 e.